The minimum atomic E-state index is -0.764. The van der Waals surface area contributed by atoms with Crippen molar-refractivity contribution in [1.29, 1.82) is 5.26 Å². The minimum Gasteiger partial charge on any atom is -0.618 e. The molecule has 0 aliphatic carbocycles. The monoisotopic (exact) mass is 392 g/mol. The number of ether oxygens (including phenoxy) is 2. The number of amides is 1. The number of benzene rings is 1. The zero-order valence-electron chi connectivity index (χ0n) is 16.6. The maximum absolute atomic E-state index is 13.0. The molecular formula is C21H20N4O4. The Balaban J connectivity index is 2.63. The highest BCUT2D eigenvalue weighted by molar-refractivity contribution is 6.10. The molecule has 148 valence electrons. The standard InChI is InChI=1S/C21H20N4O4/c1-5-29-21-18-17(14-7-6-13(9-22)8-15(14)28-4)16(20(23)26)12(3)25(27)19(18)11(2)10-24-21/h6-8,10H,5H2,1-4H3,(H2,23,26). The van der Waals surface area contributed by atoms with Gasteiger partial charge in [0.25, 0.3) is 5.91 Å². The SMILES string of the molecule is CCOc1ncc(C)c2c1c(-c1ccc(C#N)cc1OC)c(C(N)=O)c(C)[n+]2[O-]. The van der Waals surface area contributed by atoms with E-state index in [9.17, 15) is 15.3 Å². The summed E-state index contributed by atoms with van der Waals surface area (Å²) in [5, 5.41) is 22.6. The van der Waals surface area contributed by atoms with Gasteiger partial charge in [-0.05, 0) is 32.0 Å². The molecule has 0 saturated carbocycles. The molecule has 29 heavy (non-hydrogen) atoms. The molecule has 2 heterocycles. The molecule has 8 heteroatoms. The third-order valence-corrected chi connectivity index (χ3v) is 4.70. The number of aromatic nitrogens is 2. The van der Waals surface area contributed by atoms with Crippen molar-refractivity contribution in [3.8, 4) is 28.8 Å². The fourth-order valence-electron chi connectivity index (χ4n) is 3.43. The second-order valence-electron chi connectivity index (χ2n) is 6.42. The quantitative estimate of drug-likeness (QED) is 0.525. The average Bonchev–Trinajstić information content (AvgIpc) is 2.71. The Morgan fingerprint density at radius 3 is 2.69 bits per heavy atom. The van der Waals surface area contributed by atoms with Crippen LogP contribution in [0.25, 0.3) is 22.0 Å². The van der Waals surface area contributed by atoms with E-state index in [4.69, 9.17) is 15.2 Å². The van der Waals surface area contributed by atoms with Gasteiger partial charge in [-0.1, -0.05) is 0 Å². The lowest BCUT2D eigenvalue weighted by Gasteiger charge is -2.19. The van der Waals surface area contributed by atoms with Crippen LogP contribution in [0.1, 0.15) is 34.1 Å². The Kier molecular flexibility index (Phi) is 5.24. The second kappa shape index (κ2) is 7.64. The minimum absolute atomic E-state index is 0.0452. The first kappa shape index (κ1) is 19.9. The van der Waals surface area contributed by atoms with Crippen molar-refractivity contribution in [3.63, 3.8) is 0 Å². The van der Waals surface area contributed by atoms with Crippen LogP contribution in [-0.4, -0.2) is 24.6 Å². The van der Waals surface area contributed by atoms with Crippen molar-refractivity contribution in [3.05, 3.63) is 52.0 Å². The molecule has 0 bridgehead atoms. The van der Waals surface area contributed by atoms with Crippen LogP contribution >= 0.6 is 0 Å². The van der Waals surface area contributed by atoms with E-state index in [1.54, 1.807) is 38.2 Å². The molecular weight excluding hydrogens is 372 g/mol. The molecule has 3 aromatic rings. The summed E-state index contributed by atoms with van der Waals surface area (Å²) in [6, 6.07) is 6.87. The highest BCUT2D eigenvalue weighted by atomic mass is 16.5. The van der Waals surface area contributed by atoms with Gasteiger partial charge in [-0.2, -0.15) is 9.99 Å². The lowest BCUT2D eigenvalue weighted by atomic mass is 9.92. The van der Waals surface area contributed by atoms with Gasteiger partial charge in [0.05, 0.1) is 25.3 Å². The normalized spacial score (nSPS) is 10.6. The number of nitrogens with two attached hydrogens (primary N) is 1. The van der Waals surface area contributed by atoms with Gasteiger partial charge in [0, 0.05) is 29.8 Å². The van der Waals surface area contributed by atoms with Gasteiger partial charge in [-0.15, -0.1) is 0 Å². The number of methoxy groups -OCH3 is 1. The molecule has 8 nitrogen and oxygen atoms in total. The summed E-state index contributed by atoms with van der Waals surface area (Å²) in [5.74, 6) is -0.194. The number of hydrogen-bond acceptors (Lipinski definition) is 6. The summed E-state index contributed by atoms with van der Waals surface area (Å²) >= 11 is 0. The fourth-order valence-corrected chi connectivity index (χ4v) is 3.43. The predicted molar refractivity (Wildman–Crippen MR) is 107 cm³/mol. The Morgan fingerprint density at radius 1 is 1.38 bits per heavy atom. The molecule has 0 radical (unpaired) electrons. The van der Waals surface area contributed by atoms with Gasteiger partial charge in [0.1, 0.15) is 16.7 Å². The van der Waals surface area contributed by atoms with E-state index in [0.717, 1.165) is 0 Å². The topological polar surface area (TPSA) is 125 Å². The summed E-state index contributed by atoms with van der Waals surface area (Å²) < 4.78 is 11.8. The molecule has 3 rings (SSSR count). The van der Waals surface area contributed by atoms with Gasteiger partial charge >= 0.3 is 0 Å². The van der Waals surface area contributed by atoms with Gasteiger partial charge < -0.3 is 20.4 Å². The molecule has 2 aromatic heterocycles. The molecule has 0 aliphatic heterocycles. The lowest BCUT2D eigenvalue weighted by molar-refractivity contribution is -0.584. The Morgan fingerprint density at radius 2 is 2.10 bits per heavy atom. The van der Waals surface area contributed by atoms with Crippen LogP contribution in [0.3, 0.4) is 0 Å². The van der Waals surface area contributed by atoms with Crippen molar-refractivity contribution in [2.45, 2.75) is 20.8 Å². The fraction of sp³-hybridized carbons (Fsp3) is 0.238. The largest absolute Gasteiger partial charge is 0.618 e. The Bertz CT molecular complexity index is 1180. The van der Waals surface area contributed by atoms with Crippen LogP contribution in [0.2, 0.25) is 0 Å². The maximum atomic E-state index is 13.0. The smallest absolute Gasteiger partial charge is 0.255 e. The molecule has 0 saturated heterocycles. The number of nitriles is 1. The van der Waals surface area contributed by atoms with E-state index < -0.39 is 5.91 Å². The van der Waals surface area contributed by atoms with E-state index in [-0.39, 0.29) is 17.1 Å². The number of hydrogen-bond donors (Lipinski definition) is 1. The molecule has 1 amide bonds. The zero-order chi connectivity index (χ0) is 21.3. The van der Waals surface area contributed by atoms with Crippen molar-refractivity contribution < 1.29 is 19.0 Å². The van der Waals surface area contributed by atoms with Gasteiger partial charge in [0.15, 0.2) is 0 Å². The van der Waals surface area contributed by atoms with E-state index >= 15 is 0 Å². The van der Waals surface area contributed by atoms with Gasteiger partial charge in [0.2, 0.25) is 17.1 Å². The number of rotatable bonds is 5. The first-order valence-corrected chi connectivity index (χ1v) is 8.92. The average molecular weight is 392 g/mol. The van der Waals surface area contributed by atoms with Crippen LogP contribution in [0.4, 0.5) is 0 Å². The summed E-state index contributed by atoms with van der Waals surface area (Å²) in [6.07, 6.45) is 1.55. The van der Waals surface area contributed by atoms with E-state index in [1.165, 1.54) is 14.0 Å². The molecule has 0 aliphatic rings. The number of carbonyl (C=O) groups excluding carboxylic acids is 1. The van der Waals surface area contributed by atoms with Crippen molar-refractivity contribution >= 4 is 16.8 Å². The molecule has 0 spiro atoms. The third-order valence-electron chi connectivity index (χ3n) is 4.70. The Hall–Kier alpha value is -3.86. The van der Waals surface area contributed by atoms with E-state index in [2.05, 4.69) is 11.1 Å². The molecule has 0 fully saturated rings. The van der Waals surface area contributed by atoms with Crippen LogP contribution in [0.15, 0.2) is 24.4 Å². The Labute approximate surface area is 167 Å². The van der Waals surface area contributed by atoms with Crippen molar-refractivity contribution in [2.24, 2.45) is 5.73 Å². The molecule has 0 unspecified atom stereocenters. The van der Waals surface area contributed by atoms with Gasteiger partial charge in [-0.3, -0.25) is 4.79 Å². The third kappa shape index (κ3) is 3.17. The van der Waals surface area contributed by atoms with Crippen LogP contribution in [0, 0.1) is 30.4 Å². The first-order chi connectivity index (χ1) is 13.8. The highest BCUT2D eigenvalue weighted by Gasteiger charge is 2.30. The van der Waals surface area contributed by atoms with Crippen LogP contribution in [-0.2, 0) is 0 Å². The summed E-state index contributed by atoms with van der Waals surface area (Å²) in [6.45, 7) is 5.40. The number of nitrogens with zero attached hydrogens (tertiary/aromatic N) is 3. The van der Waals surface area contributed by atoms with Crippen molar-refractivity contribution in [2.75, 3.05) is 13.7 Å². The number of carbonyl (C=O) groups is 1. The van der Waals surface area contributed by atoms with Crippen LogP contribution < -0.4 is 19.9 Å². The lowest BCUT2D eigenvalue weighted by Crippen LogP contribution is -2.36. The van der Waals surface area contributed by atoms with Crippen molar-refractivity contribution in [1.82, 2.24) is 4.98 Å². The highest BCUT2D eigenvalue weighted by Crippen LogP contribution is 2.41. The number of fused-ring (bicyclic) bond motifs is 1. The molecule has 2 N–H and O–H groups in total. The predicted octanol–water partition coefficient (Wildman–Crippen LogP) is 2.53. The van der Waals surface area contributed by atoms with E-state index in [0.29, 0.717) is 50.2 Å². The second-order valence-corrected chi connectivity index (χ2v) is 6.42. The number of aryl methyl sites for hydroxylation is 1. The summed E-state index contributed by atoms with van der Waals surface area (Å²) in [5.41, 5.74) is 8.10. The molecule has 1 aromatic carbocycles. The maximum Gasteiger partial charge on any atom is 0.255 e. The van der Waals surface area contributed by atoms with E-state index in [1.807, 2.05) is 0 Å². The number of pyridine rings is 2. The zero-order valence-corrected chi connectivity index (χ0v) is 16.6. The first-order valence-electron chi connectivity index (χ1n) is 8.92. The molecule has 0 atom stereocenters. The summed E-state index contributed by atoms with van der Waals surface area (Å²) in [7, 11) is 1.46. The summed E-state index contributed by atoms with van der Waals surface area (Å²) in [4.78, 5) is 16.7. The van der Waals surface area contributed by atoms with Gasteiger partial charge in [-0.25, -0.2) is 4.98 Å². The van der Waals surface area contributed by atoms with Crippen LogP contribution in [0.5, 0.6) is 11.6 Å². The number of primary amides is 1.